The van der Waals surface area contributed by atoms with Gasteiger partial charge in [0.1, 0.15) is 11.3 Å². The number of phenols is 1. The minimum absolute atomic E-state index is 0.0169. The number of aromatic hydroxyl groups is 1. The second-order valence-electron chi connectivity index (χ2n) is 10.9. The minimum atomic E-state index is -4.92. The van der Waals surface area contributed by atoms with Crippen LogP contribution in [0.25, 0.3) is 22.1 Å². The molecule has 280 valence electrons. The number of halogens is 4. The summed E-state index contributed by atoms with van der Waals surface area (Å²) < 4.78 is 47.3. The van der Waals surface area contributed by atoms with E-state index in [1.54, 1.807) is 6.07 Å². The van der Waals surface area contributed by atoms with E-state index in [0.717, 1.165) is 38.8 Å². The van der Waals surface area contributed by atoms with Crippen LogP contribution < -0.4 is 5.43 Å². The van der Waals surface area contributed by atoms with E-state index in [1.807, 2.05) is 0 Å². The summed E-state index contributed by atoms with van der Waals surface area (Å²) in [5.74, 6) is -8.69. The lowest BCUT2D eigenvalue weighted by atomic mass is 10.00. The molecule has 2 aromatic carbocycles. The third-order valence-electron chi connectivity index (χ3n) is 7.23. The normalized spacial score (nSPS) is 15.8. The number of alkyl halides is 3. The molecule has 4 atom stereocenters. The fourth-order valence-electron chi connectivity index (χ4n) is 4.62. The van der Waals surface area contributed by atoms with E-state index in [4.69, 9.17) is 56.9 Å². The highest BCUT2D eigenvalue weighted by Crippen LogP contribution is 2.41. The summed E-state index contributed by atoms with van der Waals surface area (Å²) in [6.45, 7) is 1.74. The maximum absolute atomic E-state index is 14.0. The Kier molecular flexibility index (Phi) is 15.3. The molecule has 1 aromatic heterocycles. The van der Waals surface area contributed by atoms with Crippen molar-refractivity contribution < 1.29 is 82.7 Å². The number of carboxylic acids is 4. The number of hydrogen-bond donors (Lipinski definition) is 9. The summed E-state index contributed by atoms with van der Waals surface area (Å²) in [7, 11) is 0. The second kappa shape index (κ2) is 18.4. The molecule has 0 bridgehead atoms. The number of rotatable bonds is 9. The summed E-state index contributed by atoms with van der Waals surface area (Å²) in [5.41, 5.74) is -1.56. The Morgan fingerprint density at radius 1 is 0.765 bits per heavy atom. The van der Waals surface area contributed by atoms with Crippen LogP contribution in [0.2, 0.25) is 5.02 Å². The summed E-state index contributed by atoms with van der Waals surface area (Å²) in [4.78, 5) is 54.4. The third kappa shape index (κ3) is 11.4. The lowest BCUT2D eigenvalue weighted by Crippen LogP contribution is -2.39. The molecule has 16 nitrogen and oxygen atoms in total. The zero-order valence-corrected chi connectivity index (χ0v) is 26.9. The Morgan fingerprint density at radius 3 is 1.63 bits per heavy atom. The van der Waals surface area contributed by atoms with E-state index in [-0.39, 0.29) is 39.4 Å². The van der Waals surface area contributed by atoms with Gasteiger partial charge in [0, 0.05) is 17.1 Å². The second-order valence-corrected chi connectivity index (χ2v) is 11.3. The molecule has 1 aliphatic heterocycles. The number of carboxylic acid groups (broad SMARTS) is 4. The van der Waals surface area contributed by atoms with E-state index in [0.29, 0.717) is 0 Å². The number of carbonyl (C=O) groups is 4. The Balaban J connectivity index is 0.000000371. The molecular weight excluding hydrogens is 719 g/mol. The maximum Gasteiger partial charge on any atom is 0.450 e. The first-order valence-corrected chi connectivity index (χ1v) is 15.1. The Morgan fingerprint density at radius 2 is 1.22 bits per heavy atom. The van der Waals surface area contributed by atoms with E-state index < -0.39 is 71.2 Å². The number of aliphatic hydroxyl groups is 4. The van der Waals surface area contributed by atoms with Gasteiger partial charge in [-0.3, -0.25) is 9.69 Å². The first kappa shape index (κ1) is 42.4. The molecule has 0 spiro atoms. The van der Waals surface area contributed by atoms with Gasteiger partial charge in [-0.2, -0.15) is 13.2 Å². The largest absolute Gasteiger partial charge is 0.507 e. The lowest BCUT2D eigenvalue weighted by molar-refractivity contribution is -0.165. The van der Waals surface area contributed by atoms with Crippen molar-refractivity contribution in [2.75, 3.05) is 13.1 Å². The Bertz CT molecular complexity index is 1700. The number of nitrogens with zero attached hydrogens (tertiary/aromatic N) is 1. The van der Waals surface area contributed by atoms with Crippen molar-refractivity contribution in [3.8, 4) is 16.9 Å². The van der Waals surface area contributed by atoms with Crippen molar-refractivity contribution in [1.29, 1.82) is 0 Å². The van der Waals surface area contributed by atoms with Crippen LogP contribution in [0.4, 0.5) is 13.2 Å². The zero-order valence-electron chi connectivity index (χ0n) is 26.2. The number of aliphatic hydroxyl groups excluding tert-OH is 4. The van der Waals surface area contributed by atoms with Crippen LogP contribution in [0.3, 0.4) is 0 Å². The van der Waals surface area contributed by atoms with Crippen molar-refractivity contribution in [2.45, 2.75) is 62.8 Å². The molecule has 0 saturated carbocycles. The molecule has 51 heavy (non-hydrogen) atoms. The average Bonchev–Trinajstić information content (AvgIpc) is 3.33. The summed E-state index contributed by atoms with van der Waals surface area (Å²) in [6, 6.07) is 8.47. The molecule has 1 saturated heterocycles. The van der Waals surface area contributed by atoms with Crippen LogP contribution in [0, 0.1) is 0 Å². The smallest absolute Gasteiger partial charge is 0.450 e. The zero-order chi connectivity index (χ0) is 38.8. The van der Waals surface area contributed by atoms with E-state index in [1.165, 1.54) is 30.3 Å². The molecule has 0 amide bonds. The third-order valence-corrected chi connectivity index (χ3v) is 7.56. The predicted octanol–water partition coefficient (Wildman–Crippen LogP) is 1.97. The monoisotopic (exact) mass is 751 g/mol. The van der Waals surface area contributed by atoms with Gasteiger partial charge in [0.2, 0.25) is 11.2 Å². The summed E-state index contributed by atoms with van der Waals surface area (Å²) >= 11 is 6.11. The fraction of sp³-hybridized carbons (Fsp3) is 0.387. The van der Waals surface area contributed by atoms with Gasteiger partial charge in [0.15, 0.2) is 24.4 Å². The summed E-state index contributed by atoms with van der Waals surface area (Å²) in [5, 5.41) is 75.5. The molecule has 0 radical (unpaired) electrons. The van der Waals surface area contributed by atoms with Gasteiger partial charge in [-0.05, 0) is 44.1 Å². The van der Waals surface area contributed by atoms with E-state index in [9.17, 15) is 42.3 Å². The average molecular weight is 752 g/mol. The first-order chi connectivity index (χ1) is 23.7. The minimum Gasteiger partial charge on any atom is -0.507 e. The SMILES string of the molecule is O=C(O)C(O)C(O)C(=O)O.O=C(O)C(O)C(O)C(=O)O.O=c1c(-c2ccccc2Cl)c(C(F)(F)F)oc2c(CN3CCCCCC3)c(O)ccc12. The van der Waals surface area contributed by atoms with Gasteiger partial charge in [-0.25, -0.2) is 19.2 Å². The van der Waals surface area contributed by atoms with E-state index in [2.05, 4.69) is 4.90 Å². The van der Waals surface area contributed by atoms with Gasteiger partial charge >= 0.3 is 30.1 Å². The van der Waals surface area contributed by atoms with Crippen LogP contribution in [0.1, 0.15) is 37.0 Å². The quantitative estimate of drug-likeness (QED) is 0.151. The van der Waals surface area contributed by atoms with Crippen LogP contribution in [-0.4, -0.2) is 112 Å². The lowest BCUT2D eigenvalue weighted by Gasteiger charge is -2.21. The Hall–Kier alpha value is -4.79. The van der Waals surface area contributed by atoms with Crippen LogP contribution in [0.5, 0.6) is 5.75 Å². The predicted molar refractivity (Wildman–Crippen MR) is 168 cm³/mol. The highest BCUT2D eigenvalue weighted by Gasteiger charge is 2.40. The number of aliphatic carboxylic acids is 4. The number of fused-ring (bicyclic) bond motifs is 1. The maximum atomic E-state index is 14.0. The number of phenolic OH excluding ortho intramolecular Hbond substituents is 1. The van der Waals surface area contributed by atoms with Gasteiger partial charge in [-0.15, -0.1) is 0 Å². The van der Waals surface area contributed by atoms with E-state index >= 15 is 0 Å². The number of benzene rings is 2. The van der Waals surface area contributed by atoms with Gasteiger partial charge in [-0.1, -0.05) is 42.6 Å². The molecule has 9 N–H and O–H groups in total. The van der Waals surface area contributed by atoms with Crippen LogP contribution in [0.15, 0.2) is 45.6 Å². The summed E-state index contributed by atoms with van der Waals surface area (Å²) in [6.07, 6.45) is -9.86. The number of likely N-dealkylation sites (tertiary alicyclic amines) is 1. The van der Waals surface area contributed by atoms with Crippen LogP contribution >= 0.6 is 11.6 Å². The van der Waals surface area contributed by atoms with Gasteiger partial charge in [0.05, 0.1) is 16.5 Å². The van der Waals surface area contributed by atoms with Crippen molar-refractivity contribution >= 4 is 46.4 Å². The molecule has 3 aromatic rings. The molecular formula is C31H33ClF3NO15. The van der Waals surface area contributed by atoms with Gasteiger partial charge < -0.3 is 50.4 Å². The molecule has 4 unspecified atom stereocenters. The fourth-order valence-corrected chi connectivity index (χ4v) is 4.85. The highest BCUT2D eigenvalue weighted by atomic mass is 35.5. The van der Waals surface area contributed by atoms with Crippen molar-refractivity contribution in [2.24, 2.45) is 0 Å². The topological polar surface area (TPSA) is 284 Å². The Labute approximate surface area is 289 Å². The van der Waals surface area contributed by atoms with Crippen molar-refractivity contribution in [3.63, 3.8) is 0 Å². The van der Waals surface area contributed by atoms with Gasteiger partial charge in [0.25, 0.3) is 0 Å². The van der Waals surface area contributed by atoms with Crippen LogP contribution in [-0.2, 0) is 31.9 Å². The molecule has 2 heterocycles. The number of hydrogen-bond acceptors (Lipinski definition) is 12. The molecule has 1 aliphatic rings. The van der Waals surface area contributed by atoms with Crippen molar-refractivity contribution in [1.82, 2.24) is 4.90 Å². The first-order valence-electron chi connectivity index (χ1n) is 14.7. The molecule has 0 aliphatic carbocycles. The molecule has 4 rings (SSSR count). The molecule has 20 heteroatoms. The standard InChI is InChI=1S/C23H21ClF3NO3.2C4H6O6/c24-17-8-4-3-7-14(17)19-20(30)15-9-10-18(29)16(13-28-11-5-1-2-6-12-28)21(15)31-22(19)23(25,26)27;2*5-1(3(7)8)2(6)4(9)10/h3-4,7-10,29H,1-2,5-6,11-13H2;2*1-2,5-6H,(H,7,8)(H,9,10). The molecule has 1 fully saturated rings. The van der Waals surface area contributed by atoms with Crippen molar-refractivity contribution in [3.05, 3.63) is 63.0 Å². The highest BCUT2D eigenvalue weighted by molar-refractivity contribution is 6.33.